The minimum atomic E-state index is 0.985. The predicted molar refractivity (Wildman–Crippen MR) is 91.5 cm³/mol. The second kappa shape index (κ2) is 5.00. The van der Waals surface area contributed by atoms with E-state index in [1.54, 1.807) is 11.3 Å². The maximum atomic E-state index is 4.89. The van der Waals surface area contributed by atoms with Crippen molar-refractivity contribution in [3.8, 4) is 16.3 Å². The Morgan fingerprint density at radius 3 is 2.86 bits per heavy atom. The van der Waals surface area contributed by atoms with Gasteiger partial charge in [0.1, 0.15) is 11.5 Å². The second-order valence-electron chi connectivity index (χ2n) is 5.15. The summed E-state index contributed by atoms with van der Waals surface area (Å²) in [5, 5.41) is 8.37. The van der Waals surface area contributed by atoms with E-state index < -0.39 is 0 Å². The van der Waals surface area contributed by atoms with Gasteiger partial charge in [0, 0.05) is 12.1 Å². The van der Waals surface area contributed by atoms with Crippen molar-refractivity contribution in [3.63, 3.8) is 0 Å². The van der Waals surface area contributed by atoms with Crippen molar-refractivity contribution < 1.29 is 0 Å². The van der Waals surface area contributed by atoms with Crippen molar-refractivity contribution in [2.24, 2.45) is 0 Å². The number of para-hydroxylation sites is 1. The molecule has 0 aliphatic carbocycles. The van der Waals surface area contributed by atoms with Gasteiger partial charge in [-0.15, -0.1) is 11.3 Å². The number of hydrogen-bond donors (Lipinski definition) is 1. The van der Waals surface area contributed by atoms with Crippen LogP contribution in [-0.4, -0.2) is 16.3 Å². The molecule has 2 aromatic heterocycles. The molecular weight excluding hydrogens is 346 g/mol. The Balaban J connectivity index is 1.93. The minimum Gasteiger partial charge on any atom is -0.369 e. The van der Waals surface area contributed by atoms with Gasteiger partial charge in [-0.1, -0.05) is 18.2 Å². The Hall–Kier alpha value is -1.59. The Morgan fingerprint density at radius 2 is 2.10 bits per heavy atom. The molecule has 0 radical (unpaired) electrons. The average Bonchev–Trinajstić information content (AvgIpc) is 3.15. The number of anilines is 1. The Kier molecular flexibility index (Phi) is 3.12. The van der Waals surface area contributed by atoms with Crippen LogP contribution in [0.4, 0.5) is 5.82 Å². The van der Waals surface area contributed by atoms with Crippen LogP contribution < -0.4 is 5.32 Å². The largest absolute Gasteiger partial charge is 0.369 e. The SMILES string of the molecule is Cc1ccccc1-n1nc(-c2ccc(Br)s2)c2c1NCC2. The average molecular weight is 360 g/mol. The number of thiophene rings is 1. The zero-order valence-electron chi connectivity index (χ0n) is 11.6. The molecule has 106 valence electrons. The summed E-state index contributed by atoms with van der Waals surface area (Å²) in [5.74, 6) is 1.14. The van der Waals surface area contributed by atoms with E-state index in [1.807, 2.05) is 0 Å². The molecule has 1 N–H and O–H groups in total. The molecule has 3 nitrogen and oxygen atoms in total. The molecule has 4 rings (SSSR count). The molecule has 0 atom stereocenters. The number of aryl methyl sites for hydroxylation is 1. The van der Waals surface area contributed by atoms with Gasteiger partial charge in [-0.3, -0.25) is 0 Å². The van der Waals surface area contributed by atoms with Gasteiger partial charge in [0.2, 0.25) is 0 Å². The van der Waals surface area contributed by atoms with Gasteiger partial charge < -0.3 is 5.32 Å². The van der Waals surface area contributed by atoms with Gasteiger partial charge >= 0.3 is 0 Å². The highest BCUT2D eigenvalue weighted by Crippen LogP contribution is 2.38. The number of rotatable bonds is 2. The molecule has 0 unspecified atom stereocenters. The van der Waals surface area contributed by atoms with E-state index in [0.717, 1.165) is 34.0 Å². The first kappa shape index (κ1) is 13.1. The summed E-state index contributed by atoms with van der Waals surface area (Å²) in [6.45, 7) is 3.11. The number of fused-ring (bicyclic) bond motifs is 1. The molecule has 1 aromatic carbocycles. The molecule has 3 aromatic rings. The number of nitrogens with one attached hydrogen (secondary N) is 1. The van der Waals surface area contributed by atoms with E-state index in [1.165, 1.54) is 16.0 Å². The van der Waals surface area contributed by atoms with Crippen molar-refractivity contribution in [3.05, 3.63) is 51.3 Å². The first-order valence-electron chi connectivity index (χ1n) is 6.91. The Labute approximate surface area is 135 Å². The fraction of sp³-hybridized carbons (Fsp3) is 0.188. The molecule has 1 aliphatic rings. The zero-order valence-corrected chi connectivity index (χ0v) is 14.0. The maximum absolute atomic E-state index is 4.89. The van der Waals surface area contributed by atoms with Crippen LogP contribution in [0.5, 0.6) is 0 Å². The Bertz CT molecular complexity index is 819. The van der Waals surface area contributed by atoms with Gasteiger partial charge in [0.25, 0.3) is 0 Å². The van der Waals surface area contributed by atoms with E-state index in [9.17, 15) is 0 Å². The number of nitrogens with zero attached hydrogens (tertiary/aromatic N) is 2. The van der Waals surface area contributed by atoms with Gasteiger partial charge in [-0.05, 0) is 53.0 Å². The van der Waals surface area contributed by atoms with E-state index in [-0.39, 0.29) is 0 Å². The van der Waals surface area contributed by atoms with Crippen LogP contribution in [0.2, 0.25) is 0 Å². The van der Waals surface area contributed by atoms with Crippen LogP contribution in [0.15, 0.2) is 40.2 Å². The number of hydrogen-bond acceptors (Lipinski definition) is 3. The number of benzene rings is 1. The summed E-state index contributed by atoms with van der Waals surface area (Å²) in [7, 11) is 0. The van der Waals surface area contributed by atoms with Crippen molar-refractivity contribution >= 4 is 33.1 Å². The van der Waals surface area contributed by atoms with Crippen molar-refractivity contribution in [1.82, 2.24) is 9.78 Å². The smallest absolute Gasteiger partial charge is 0.133 e. The summed E-state index contributed by atoms with van der Waals surface area (Å²) in [6, 6.07) is 12.6. The third-order valence-corrected chi connectivity index (χ3v) is 5.43. The molecule has 0 spiro atoms. The Morgan fingerprint density at radius 1 is 1.24 bits per heavy atom. The van der Waals surface area contributed by atoms with Crippen LogP contribution in [-0.2, 0) is 6.42 Å². The summed E-state index contributed by atoms with van der Waals surface area (Å²) in [6.07, 6.45) is 1.03. The lowest BCUT2D eigenvalue weighted by atomic mass is 10.2. The number of halogens is 1. The van der Waals surface area contributed by atoms with Crippen LogP contribution in [0.3, 0.4) is 0 Å². The fourth-order valence-corrected chi connectivity index (χ4v) is 4.19. The van der Waals surface area contributed by atoms with Gasteiger partial charge in [0.15, 0.2) is 0 Å². The standard InChI is InChI=1S/C16H14BrN3S/c1-10-4-2-3-5-12(10)20-16-11(8-9-18-16)15(19-20)13-6-7-14(17)21-13/h2-7,18H,8-9H2,1H3. The minimum absolute atomic E-state index is 0.985. The third kappa shape index (κ3) is 2.12. The molecule has 0 saturated heterocycles. The van der Waals surface area contributed by atoms with Crippen molar-refractivity contribution in [2.45, 2.75) is 13.3 Å². The first-order chi connectivity index (χ1) is 10.2. The monoisotopic (exact) mass is 359 g/mol. The number of aromatic nitrogens is 2. The fourth-order valence-electron chi connectivity index (χ4n) is 2.79. The lowest BCUT2D eigenvalue weighted by Crippen LogP contribution is -2.05. The lowest BCUT2D eigenvalue weighted by Gasteiger charge is -2.08. The van der Waals surface area contributed by atoms with Gasteiger partial charge in [-0.2, -0.15) is 5.10 Å². The van der Waals surface area contributed by atoms with E-state index in [0.29, 0.717) is 0 Å². The van der Waals surface area contributed by atoms with Gasteiger partial charge in [0.05, 0.1) is 14.4 Å². The summed E-state index contributed by atoms with van der Waals surface area (Å²) < 4.78 is 3.20. The van der Waals surface area contributed by atoms with E-state index in [2.05, 4.69) is 69.3 Å². The summed E-state index contributed by atoms with van der Waals surface area (Å²) in [5.41, 5.74) is 4.81. The molecule has 0 fully saturated rings. The molecule has 5 heteroatoms. The van der Waals surface area contributed by atoms with Crippen LogP contribution >= 0.6 is 27.3 Å². The highest BCUT2D eigenvalue weighted by molar-refractivity contribution is 9.11. The molecule has 1 aliphatic heterocycles. The third-order valence-electron chi connectivity index (χ3n) is 3.80. The van der Waals surface area contributed by atoms with Crippen LogP contribution in [0.25, 0.3) is 16.3 Å². The summed E-state index contributed by atoms with van der Waals surface area (Å²) >= 11 is 5.27. The molecular formula is C16H14BrN3S. The van der Waals surface area contributed by atoms with Crippen LogP contribution in [0, 0.1) is 6.92 Å². The molecule has 0 bridgehead atoms. The van der Waals surface area contributed by atoms with E-state index in [4.69, 9.17) is 5.10 Å². The first-order valence-corrected chi connectivity index (χ1v) is 8.52. The molecule has 3 heterocycles. The molecule has 0 saturated carbocycles. The maximum Gasteiger partial charge on any atom is 0.133 e. The van der Waals surface area contributed by atoms with Crippen LogP contribution in [0.1, 0.15) is 11.1 Å². The topological polar surface area (TPSA) is 29.9 Å². The van der Waals surface area contributed by atoms with Gasteiger partial charge in [-0.25, -0.2) is 4.68 Å². The summed E-state index contributed by atoms with van der Waals surface area (Å²) in [4.78, 5) is 1.22. The highest BCUT2D eigenvalue weighted by atomic mass is 79.9. The normalized spacial score (nSPS) is 13.2. The van der Waals surface area contributed by atoms with Crippen molar-refractivity contribution in [1.29, 1.82) is 0 Å². The predicted octanol–water partition coefficient (Wildman–Crippen LogP) is 4.64. The van der Waals surface area contributed by atoms with Crippen molar-refractivity contribution in [2.75, 3.05) is 11.9 Å². The lowest BCUT2D eigenvalue weighted by molar-refractivity contribution is 0.876. The molecule has 0 amide bonds. The second-order valence-corrected chi connectivity index (χ2v) is 7.62. The highest BCUT2D eigenvalue weighted by Gasteiger charge is 2.25. The quantitative estimate of drug-likeness (QED) is 0.722. The zero-order chi connectivity index (χ0) is 14.4. The molecule has 21 heavy (non-hydrogen) atoms. The van der Waals surface area contributed by atoms with E-state index >= 15 is 0 Å².